The van der Waals surface area contributed by atoms with Gasteiger partial charge in [0.25, 0.3) is 0 Å². The largest absolute Gasteiger partial charge is 0.367 e. The van der Waals surface area contributed by atoms with Gasteiger partial charge in [-0.1, -0.05) is 26.7 Å². The van der Waals surface area contributed by atoms with Crippen molar-refractivity contribution in [2.24, 2.45) is 5.92 Å². The summed E-state index contributed by atoms with van der Waals surface area (Å²) in [6.45, 7) is 9.99. The Labute approximate surface area is 105 Å². The lowest BCUT2D eigenvalue weighted by molar-refractivity contribution is 0.265. The highest BCUT2D eigenvalue weighted by molar-refractivity contribution is 4.84. The molecule has 0 amide bonds. The van der Waals surface area contributed by atoms with E-state index in [1.54, 1.807) is 0 Å². The molecular formula is C14H27NO2+. The highest BCUT2D eigenvalue weighted by Gasteiger charge is 2.37. The van der Waals surface area contributed by atoms with Crippen LogP contribution in [0.1, 0.15) is 39.5 Å². The Kier molecular flexibility index (Phi) is 5.26. The molecule has 2 fully saturated rings. The first kappa shape index (κ1) is 13.3. The molecule has 2 heterocycles. The Balaban J connectivity index is 1.71. The first-order valence-corrected chi connectivity index (χ1v) is 7.27. The fourth-order valence-corrected chi connectivity index (χ4v) is 2.43. The zero-order chi connectivity index (χ0) is 12.1. The van der Waals surface area contributed by atoms with E-state index in [0.717, 1.165) is 32.2 Å². The Hall–Kier alpha value is -0.120. The summed E-state index contributed by atoms with van der Waals surface area (Å²) >= 11 is 0. The van der Waals surface area contributed by atoms with Crippen LogP contribution in [0.3, 0.4) is 0 Å². The lowest BCUT2D eigenvalue weighted by Crippen LogP contribution is -2.41. The molecule has 3 nitrogen and oxygen atoms in total. The minimum absolute atomic E-state index is 0.512. The number of hydrogen-bond donors (Lipinski definition) is 0. The Morgan fingerprint density at radius 1 is 1.12 bits per heavy atom. The third-order valence-corrected chi connectivity index (χ3v) is 3.79. The maximum Gasteiger partial charge on any atom is 0.151 e. The summed E-state index contributed by atoms with van der Waals surface area (Å²) in [4.78, 5) is 2.57. The molecule has 0 bridgehead atoms. The second-order valence-corrected chi connectivity index (χ2v) is 5.55. The molecule has 3 unspecified atom stereocenters. The third kappa shape index (κ3) is 5.36. The number of hydrogen-bond acceptors (Lipinski definition) is 3. The summed E-state index contributed by atoms with van der Waals surface area (Å²) in [5.41, 5.74) is 0. The van der Waals surface area contributed by atoms with E-state index < -0.39 is 0 Å². The molecule has 0 aliphatic carbocycles. The van der Waals surface area contributed by atoms with Crippen LogP contribution in [0.4, 0.5) is 0 Å². The predicted molar refractivity (Wildman–Crippen MR) is 69.5 cm³/mol. The highest BCUT2D eigenvalue weighted by atomic mass is 16.6. The summed E-state index contributed by atoms with van der Waals surface area (Å²) in [7, 11) is 0. The third-order valence-electron chi connectivity index (χ3n) is 3.79. The summed E-state index contributed by atoms with van der Waals surface area (Å²) in [6, 6.07) is 0. The van der Waals surface area contributed by atoms with Crippen molar-refractivity contribution in [2.45, 2.75) is 51.7 Å². The van der Waals surface area contributed by atoms with Crippen LogP contribution in [0.25, 0.3) is 0 Å². The number of nitrogens with zero attached hydrogens (tertiary/aromatic N) is 1. The predicted octanol–water partition coefficient (Wildman–Crippen LogP) is 2.14. The Bertz CT molecular complexity index is 200. The minimum Gasteiger partial charge on any atom is -0.367 e. The average molecular weight is 241 g/mol. The normalized spacial score (nSPS) is 28.4. The van der Waals surface area contributed by atoms with Crippen LogP contribution >= 0.6 is 0 Å². The van der Waals surface area contributed by atoms with Crippen molar-refractivity contribution >= 4 is 0 Å². The van der Waals surface area contributed by atoms with Crippen molar-refractivity contribution in [3.05, 3.63) is 0 Å². The maximum atomic E-state index is 5.35. The zero-order valence-corrected chi connectivity index (χ0v) is 11.4. The number of rotatable bonds is 10. The van der Waals surface area contributed by atoms with Gasteiger partial charge in [-0.15, -0.1) is 0 Å². The molecule has 2 aliphatic heterocycles. The van der Waals surface area contributed by atoms with Crippen LogP contribution in [0.15, 0.2) is 0 Å². The molecule has 0 spiro atoms. The topological polar surface area (TPSA) is 31.0 Å². The van der Waals surface area contributed by atoms with Crippen molar-refractivity contribution in [2.75, 3.05) is 32.8 Å². The molecule has 0 aromatic heterocycles. The smallest absolute Gasteiger partial charge is 0.151 e. The van der Waals surface area contributed by atoms with E-state index in [4.69, 9.17) is 9.47 Å². The van der Waals surface area contributed by atoms with E-state index in [1.807, 2.05) is 0 Å². The van der Waals surface area contributed by atoms with Crippen LogP contribution in [0.5, 0.6) is 0 Å². The highest BCUT2D eigenvalue weighted by Crippen LogP contribution is 2.18. The minimum atomic E-state index is 0.512. The Morgan fingerprint density at radius 3 is 2.12 bits per heavy atom. The van der Waals surface area contributed by atoms with Crippen molar-refractivity contribution in [3.63, 3.8) is 0 Å². The Morgan fingerprint density at radius 2 is 1.71 bits per heavy atom. The molecule has 1 radical (unpaired) electrons. The summed E-state index contributed by atoms with van der Waals surface area (Å²) < 4.78 is 10.7. The van der Waals surface area contributed by atoms with Crippen LogP contribution in [0.2, 0.25) is 0 Å². The van der Waals surface area contributed by atoms with E-state index in [2.05, 4.69) is 18.7 Å². The first-order valence-electron chi connectivity index (χ1n) is 7.27. The van der Waals surface area contributed by atoms with Crippen molar-refractivity contribution in [1.82, 2.24) is 4.90 Å². The van der Waals surface area contributed by atoms with Gasteiger partial charge in [0, 0.05) is 5.92 Å². The van der Waals surface area contributed by atoms with E-state index in [9.17, 15) is 0 Å². The lowest BCUT2D eigenvalue weighted by Gasteiger charge is -2.17. The molecule has 3 heteroatoms. The molecule has 2 rings (SSSR count). The standard InChI is InChI=1S/C14H27NO2/c1-3-5-6-12(4-2)7-15(8-13-10-16-13)9-14-11-17-14/h12-14H,3-11H2,1-2H3/q+1. The monoisotopic (exact) mass is 241 g/mol. The van der Waals surface area contributed by atoms with E-state index in [-0.39, 0.29) is 0 Å². The number of ether oxygens (including phenoxy) is 2. The number of unbranched alkanes of at least 4 members (excludes halogenated alkanes) is 1. The second kappa shape index (κ2) is 6.72. The molecular weight excluding hydrogens is 214 g/mol. The van der Waals surface area contributed by atoms with Crippen LogP contribution in [-0.4, -0.2) is 45.1 Å². The van der Waals surface area contributed by atoms with Crippen LogP contribution in [-0.2, 0) is 9.47 Å². The van der Waals surface area contributed by atoms with E-state index in [0.29, 0.717) is 12.2 Å². The van der Waals surface area contributed by atoms with Gasteiger partial charge < -0.3 is 9.47 Å². The summed E-state index contributed by atoms with van der Waals surface area (Å²) in [5, 5.41) is 0. The van der Waals surface area contributed by atoms with Gasteiger partial charge in [-0.2, -0.15) is 4.90 Å². The van der Waals surface area contributed by atoms with Gasteiger partial charge in [-0.3, -0.25) is 0 Å². The lowest BCUT2D eigenvalue weighted by atomic mass is 9.98. The molecule has 0 aromatic rings. The first-order chi connectivity index (χ1) is 8.31. The van der Waals surface area contributed by atoms with Gasteiger partial charge in [0.2, 0.25) is 0 Å². The van der Waals surface area contributed by atoms with Gasteiger partial charge >= 0.3 is 0 Å². The van der Waals surface area contributed by atoms with Gasteiger partial charge in [-0.25, -0.2) is 0 Å². The van der Waals surface area contributed by atoms with Crippen molar-refractivity contribution in [1.29, 1.82) is 0 Å². The SMILES string of the molecule is CCCCC(CC)C[N+](CC1CO1)CC1CO1. The molecule has 99 valence electrons. The van der Waals surface area contributed by atoms with Gasteiger partial charge in [-0.05, 0) is 12.8 Å². The van der Waals surface area contributed by atoms with Gasteiger partial charge in [0.05, 0.1) is 13.2 Å². The molecule has 2 aliphatic rings. The summed E-state index contributed by atoms with van der Waals surface area (Å²) in [6.07, 6.45) is 6.38. The fraction of sp³-hybridized carbons (Fsp3) is 1.00. The van der Waals surface area contributed by atoms with Gasteiger partial charge in [0.15, 0.2) is 13.1 Å². The fourth-order valence-electron chi connectivity index (χ4n) is 2.43. The molecule has 0 aromatic carbocycles. The quantitative estimate of drug-likeness (QED) is 0.433. The van der Waals surface area contributed by atoms with Crippen LogP contribution < -0.4 is 4.90 Å². The van der Waals surface area contributed by atoms with Crippen molar-refractivity contribution in [3.8, 4) is 0 Å². The van der Waals surface area contributed by atoms with Crippen LogP contribution in [0, 0.1) is 5.92 Å². The van der Waals surface area contributed by atoms with Crippen molar-refractivity contribution < 1.29 is 9.47 Å². The molecule has 2 saturated heterocycles. The number of epoxide rings is 2. The molecule has 17 heavy (non-hydrogen) atoms. The second-order valence-electron chi connectivity index (χ2n) is 5.55. The van der Waals surface area contributed by atoms with E-state index >= 15 is 0 Å². The molecule has 0 N–H and O–H groups in total. The average Bonchev–Trinajstić information content (AvgIpc) is 3.19. The van der Waals surface area contributed by atoms with Gasteiger partial charge in [0.1, 0.15) is 18.8 Å². The van der Waals surface area contributed by atoms with E-state index in [1.165, 1.54) is 32.2 Å². The molecule has 0 saturated carbocycles. The summed E-state index contributed by atoms with van der Waals surface area (Å²) in [5.74, 6) is 0.854. The molecule has 3 atom stereocenters. The zero-order valence-electron chi connectivity index (χ0n) is 11.4. The maximum absolute atomic E-state index is 5.35.